The predicted octanol–water partition coefficient (Wildman–Crippen LogP) is -3.06. The third kappa shape index (κ3) is 11.6. The Morgan fingerprint density at radius 3 is 2.00 bits per heavy atom. The van der Waals surface area contributed by atoms with Gasteiger partial charge >= 0.3 is 35.7 Å². The zero-order valence-electron chi connectivity index (χ0n) is 5.07. The summed E-state index contributed by atoms with van der Waals surface area (Å²) in [7, 11) is 0. The van der Waals surface area contributed by atoms with Crippen LogP contribution < -0.4 is 34.3 Å². The summed E-state index contributed by atoms with van der Waals surface area (Å²) in [5.74, 6) is 0. The van der Waals surface area contributed by atoms with Gasteiger partial charge in [-0.2, -0.15) is 13.2 Å². The van der Waals surface area contributed by atoms with E-state index in [9.17, 15) is 21.9 Å². The molecule has 0 aliphatic carbocycles. The molecule has 10 heavy (non-hydrogen) atoms. The average molecular weight is 185 g/mol. The molecule has 56 valence electrons. The van der Waals surface area contributed by atoms with E-state index in [-0.39, 0.29) is 29.6 Å². The summed E-state index contributed by atoms with van der Waals surface area (Å²) in [6.45, 7) is -1.51. The maximum absolute atomic E-state index is 11.1. The number of hydrogen-bond acceptors (Lipinski definition) is 2. The summed E-state index contributed by atoms with van der Waals surface area (Å²) < 4.78 is 53.3. The molecule has 0 radical (unpaired) electrons. The van der Waals surface area contributed by atoms with Gasteiger partial charge in [-0.3, -0.25) is 4.21 Å². The van der Waals surface area contributed by atoms with Crippen molar-refractivity contribution in [2.45, 2.75) is 6.18 Å². The second-order valence-corrected chi connectivity index (χ2v) is 1.93. The topological polar surface area (TPSA) is 52.2 Å². The average Bonchev–Trinajstić information content (AvgIpc) is 1.59. The normalized spacial score (nSPS) is 14.0. The van der Waals surface area contributed by atoms with Gasteiger partial charge in [0.25, 0.3) is 0 Å². The summed E-state index contributed by atoms with van der Waals surface area (Å²) in [5.41, 5.74) is 0. The molecule has 0 saturated carbocycles. The third-order valence-corrected chi connectivity index (χ3v) is 0.771. The molecule has 1 unspecified atom stereocenters. The van der Waals surface area contributed by atoms with Crippen LogP contribution in [0.25, 0.3) is 0 Å². The molecule has 0 aliphatic heterocycles. The molecule has 0 aromatic heterocycles. The summed E-state index contributed by atoms with van der Waals surface area (Å²) in [5, 5.41) is 0. The Morgan fingerprint density at radius 1 is 1.50 bits per heavy atom. The van der Waals surface area contributed by atoms with E-state index in [1.807, 2.05) is 0 Å². The van der Waals surface area contributed by atoms with Crippen LogP contribution in [0.3, 0.4) is 0 Å². The fourth-order valence-electron chi connectivity index (χ4n) is 0.141. The minimum atomic E-state index is -4.47. The van der Waals surface area contributed by atoms with Crippen LogP contribution in [0.2, 0.25) is 0 Å². The van der Waals surface area contributed by atoms with E-state index in [2.05, 4.69) is 0 Å². The Bertz CT molecular complexity index is 118. The Kier molecular flexibility index (Phi) is 7.40. The number of hydrogen-bond donors (Lipinski definition) is 1. The van der Waals surface area contributed by atoms with E-state index >= 15 is 0 Å². The van der Waals surface area contributed by atoms with E-state index < -0.39 is 24.0 Å². The monoisotopic (exact) mass is 185 g/mol. The number of halogens is 3. The van der Waals surface area contributed by atoms with Gasteiger partial charge < -0.3 is 4.55 Å². The molecule has 0 fully saturated rings. The Morgan fingerprint density at radius 2 is 1.90 bits per heavy atom. The molecule has 1 atom stereocenters. The van der Waals surface area contributed by atoms with Crippen LogP contribution in [0.5, 0.6) is 0 Å². The van der Waals surface area contributed by atoms with Crippen LogP contribution in [-0.2, 0) is 11.3 Å². The molecule has 0 saturated heterocycles. The van der Waals surface area contributed by atoms with Crippen molar-refractivity contribution < 1.29 is 51.5 Å². The van der Waals surface area contributed by atoms with Crippen molar-refractivity contribution in [3.8, 4) is 0 Å². The Hall–Kier alpha value is 0.860. The van der Waals surface area contributed by atoms with Gasteiger partial charge in [0.05, 0.1) is 0 Å². The minimum absolute atomic E-state index is 0. The first kappa shape index (κ1) is 13.4. The zero-order valence-corrected chi connectivity index (χ0v) is 7.88. The largest absolute Gasteiger partial charge is 1.00 e. The van der Waals surface area contributed by atoms with Gasteiger partial charge in [-0.15, -0.1) is 0 Å². The fraction of sp³-hybridized carbons (Fsp3) is 1.00. The number of rotatable bonds is 2. The SMILES string of the molecule is O=S([O-])NCC(F)(F)F.[Na+]. The Balaban J connectivity index is 0. The maximum atomic E-state index is 11.1. The standard InChI is InChI=1S/C2H4F3NO2S.Na/c3-2(4,5)1-6-9(7)8;/h6H,1H2,(H,7,8);/q;+1/p-1. The third-order valence-electron chi connectivity index (χ3n) is 0.390. The van der Waals surface area contributed by atoms with Crippen molar-refractivity contribution in [3.05, 3.63) is 0 Å². The van der Waals surface area contributed by atoms with E-state index in [4.69, 9.17) is 0 Å². The number of alkyl halides is 3. The fourth-order valence-corrected chi connectivity index (χ4v) is 0.422. The molecular formula is C2H3F3NNaO2S. The zero-order chi connectivity index (χ0) is 7.49. The van der Waals surface area contributed by atoms with Crippen LogP contribution in [-0.4, -0.2) is 21.5 Å². The summed E-state index contributed by atoms with van der Waals surface area (Å²) in [6.07, 6.45) is -4.47. The van der Waals surface area contributed by atoms with Gasteiger partial charge in [0, 0.05) is 11.3 Å². The summed E-state index contributed by atoms with van der Waals surface area (Å²) >= 11 is -2.83. The van der Waals surface area contributed by atoms with E-state index in [1.54, 1.807) is 0 Å². The Labute approximate surface area is 80.1 Å². The van der Waals surface area contributed by atoms with Crippen molar-refractivity contribution in [1.82, 2.24) is 4.72 Å². The van der Waals surface area contributed by atoms with Gasteiger partial charge in [0.2, 0.25) is 0 Å². The van der Waals surface area contributed by atoms with Crippen molar-refractivity contribution in [3.63, 3.8) is 0 Å². The van der Waals surface area contributed by atoms with Crippen LogP contribution in [0.1, 0.15) is 0 Å². The quantitative estimate of drug-likeness (QED) is 0.367. The van der Waals surface area contributed by atoms with Crippen LogP contribution in [0.15, 0.2) is 0 Å². The van der Waals surface area contributed by atoms with Gasteiger partial charge in [-0.25, -0.2) is 4.72 Å². The second kappa shape index (κ2) is 5.50. The molecule has 0 heterocycles. The molecule has 0 bridgehead atoms. The van der Waals surface area contributed by atoms with Crippen molar-refractivity contribution >= 4 is 11.3 Å². The summed E-state index contributed by atoms with van der Waals surface area (Å²) in [6, 6.07) is 0. The van der Waals surface area contributed by atoms with Crippen LogP contribution in [0, 0.1) is 0 Å². The first-order chi connectivity index (χ1) is 3.92. The predicted molar refractivity (Wildman–Crippen MR) is 23.0 cm³/mol. The molecule has 0 amide bonds. The van der Waals surface area contributed by atoms with E-state index in [1.165, 1.54) is 4.72 Å². The molecule has 0 rings (SSSR count). The molecule has 3 nitrogen and oxygen atoms in total. The van der Waals surface area contributed by atoms with Gasteiger partial charge in [0.1, 0.15) is 6.54 Å². The van der Waals surface area contributed by atoms with E-state index in [0.717, 1.165) is 0 Å². The molecule has 8 heteroatoms. The molecule has 0 aromatic rings. The van der Waals surface area contributed by atoms with Gasteiger partial charge in [0.15, 0.2) is 0 Å². The first-order valence-electron chi connectivity index (χ1n) is 1.81. The van der Waals surface area contributed by atoms with Crippen molar-refractivity contribution in [2.75, 3.05) is 6.54 Å². The first-order valence-corrected chi connectivity index (χ1v) is 2.89. The molecule has 0 spiro atoms. The molecular weight excluding hydrogens is 182 g/mol. The van der Waals surface area contributed by atoms with Crippen molar-refractivity contribution in [1.29, 1.82) is 0 Å². The molecule has 1 N–H and O–H groups in total. The number of nitrogens with one attached hydrogen (secondary N) is 1. The van der Waals surface area contributed by atoms with Crippen LogP contribution >= 0.6 is 0 Å². The van der Waals surface area contributed by atoms with E-state index in [0.29, 0.717) is 0 Å². The maximum Gasteiger partial charge on any atom is 1.00 e. The molecule has 0 aromatic carbocycles. The smallest absolute Gasteiger partial charge is 0.760 e. The minimum Gasteiger partial charge on any atom is -0.760 e. The van der Waals surface area contributed by atoms with Crippen molar-refractivity contribution in [2.24, 2.45) is 0 Å². The summed E-state index contributed by atoms with van der Waals surface area (Å²) in [4.78, 5) is 0. The molecule has 0 aliphatic rings. The van der Waals surface area contributed by atoms with Crippen LogP contribution in [0.4, 0.5) is 13.2 Å². The second-order valence-electron chi connectivity index (χ2n) is 1.17. The van der Waals surface area contributed by atoms with Gasteiger partial charge in [-0.1, -0.05) is 0 Å². The van der Waals surface area contributed by atoms with Gasteiger partial charge in [-0.05, 0) is 0 Å².